The molecule has 0 aliphatic rings. The van der Waals surface area contributed by atoms with Crippen molar-refractivity contribution in [2.45, 2.75) is 6.42 Å². The molecule has 7 heteroatoms. The number of phosphoric acid groups is 1. The zero-order valence-electron chi connectivity index (χ0n) is 7.17. The summed E-state index contributed by atoms with van der Waals surface area (Å²) in [5, 5.41) is 8.26. The predicted molar refractivity (Wildman–Crippen MR) is 47.0 cm³/mol. The molecule has 0 heterocycles. The summed E-state index contributed by atoms with van der Waals surface area (Å²) in [7, 11) is -4.64. The summed E-state index contributed by atoms with van der Waals surface area (Å²) in [5.41, 5.74) is 0. The maximum atomic E-state index is 8.88. The second-order valence-corrected chi connectivity index (χ2v) is 2.98. The van der Waals surface area contributed by atoms with Gasteiger partial charge < -0.3 is 24.5 Å². The van der Waals surface area contributed by atoms with Gasteiger partial charge in [0, 0.05) is 13.2 Å². The third-order valence-corrected chi connectivity index (χ3v) is 0.682. The summed E-state index contributed by atoms with van der Waals surface area (Å²) < 4.78 is 13.8. The Balaban J connectivity index is 0. The van der Waals surface area contributed by atoms with Crippen molar-refractivity contribution in [3.8, 4) is 0 Å². The molecule has 0 atom stereocenters. The van der Waals surface area contributed by atoms with Crippen molar-refractivity contribution in [2.75, 3.05) is 19.8 Å². The topological polar surface area (TPSA) is 107 Å². The van der Waals surface area contributed by atoms with E-state index < -0.39 is 7.82 Å². The summed E-state index contributed by atoms with van der Waals surface area (Å²) >= 11 is 0. The van der Waals surface area contributed by atoms with E-state index in [1.807, 2.05) is 0 Å². The summed E-state index contributed by atoms with van der Waals surface area (Å²) in [6.07, 6.45) is 2.41. The highest BCUT2D eigenvalue weighted by atomic mass is 31.2. The van der Waals surface area contributed by atoms with Crippen molar-refractivity contribution in [1.29, 1.82) is 0 Å². The minimum atomic E-state index is -4.64. The molecule has 0 saturated carbocycles. The van der Waals surface area contributed by atoms with E-state index in [2.05, 4.69) is 6.58 Å². The highest BCUT2D eigenvalue weighted by molar-refractivity contribution is 7.45. The Bertz CT molecular complexity index is 145. The number of aliphatic hydroxyl groups excluding tert-OH is 1. The molecule has 0 aromatic rings. The molecule has 0 bridgehead atoms. The normalized spacial score (nSPS) is 10.2. The van der Waals surface area contributed by atoms with Gasteiger partial charge in [0.1, 0.15) is 0 Å². The fraction of sp³-hybridized carbons (Fsp3) is 0.667. The van der Waals surface area contributed by atoms with E-state index in [-0.39, 0.29) is 6.61 Å². The molecule has 0 aliphatic carbocycles. The van der Waals surface area contributed by atoms with Gasteiger partial charge in [-0.2, -0.15) is 0 Å². The molecular formula is C6H15O6P. The standard InChI is InChI=1S/C6H12O2.H3O4P/c1-2-5-8-6-3-4-7;1-5(2,3)4/h2,7H,1,3-6H2;(H3,1,2,3,4). The Morgan fingerprint density at radius 2 is 1.85 bits per heavy atom. The van der Waals surface area contributed by atoms with E-state index in [1.165, 1.54) is 0 Å². The van der Waals surface area contributed by atoms with Crippen LogP contribution in [-0.4, -0.2) is 39.6 Å². The number of ether oxygens (including phenoxy) is 1. The van der Waals surface area contributed by atoms with Crippen LogP contribution in [0.2, 0.25) is 0 Å². The predicted octanol–water partition coefficient (Wildman–Crippen LogP) is -0.357. The third-order valence-electron chi connectivity index (χ3n) is 0.682. The minimum Gasteiger partial charge on any atom is -0.396 e. The van der Waals surface area contributed by atoms with E-state index in [9.17, 15) is 0 Å². The fourth-order valence-corrected chi connectivity index (χ4v) is 0.333. The van der Waals surface area contributed by atoms with Crippen LogP contribution >= 0.6 is 7.82 Å². The first-order valence-corrected chi connectivity index (χ1v) is 5.06. The van der Waals surface area contributed by atoms with Crippen molar-refractivity contribution in [1.82, 2.24) is 0 Å². The van der Waals surface area contributed by atoms with Gasteiger partial charge in [-0.25, -0.2) is 4.57 Å². The molecular weight excluding hydrogens is 199 g/mol. The van der Waals surface area contributed by atoms with E-state index in [1.54, 1.807) is 6.08 Å². The molecule has 0 unspecified atom stereocenters. The molecule has 0 radical (unpaired) electrons. The molecule has 0 aliphatic heterocycles. The Kier molecular flexibility index (Phi) is 11.6. The van der Waals surface area contributed by atoms with Gasteiger partial charge in [-0.15, -0.1) is 6.58 Å². The Hall–Kier alpha value is -0.230. The first-order valence-electron chi connectivity index (χ1n) is 3.49. The van der Waals surface area contributed by atoms with E-state index in [0.717, 1.165) is 0 Å². The second-order valence-electron chi connectivity index (χ2n) is 1.95. The van der Waals surface area contributed by atoms with Gasteiger partial charge in [-0.1, -0.05) is 6.08 Å². The first-order chi connectivity index (χ1) is 5.91. The molecule has 0 aromatic carbocycles. The van der Waals surface area contributed by atoms with Crippen LogP contribution in [0.3, 0.4) is 0 Å². The van der Waals surface area contributed by atoms with Crippen LogP contribution in [0.5, 0.6) is 0 Å². The largest absolute Gasteiger partial charge is 0.466 e. The zero-order valence-corrected chi connectivity index (χ0v) is 8.06. The highest BCUT2D eigenvalue weighted by Crippen LogP contribution is 2.25. The number of rotatable bonds is 5. The lowest BCUT2D eigenvalue weighted by Crippen LogP contribution is -1.95. The van der Waals surface area contributed by atoms with Crippen molar-refractivity contribution >= 4 is 7.82 Å². The van der Waals surface area contributed by atoms with Crippen LogP contribution in [0.15, 0.2) is 12.7 Å². The van der Waals surface area contributed by atoms with Gasteiger partial charge in [0.05, 0.1) is 6.61 Å². The lowest BCUT2D eigenvalue weighted by molar-refractivity contribution is 0.139. The van der Waals surface area contributed by atoms with Gasteiger partial charge >= 0.3 is 7.82 Å². The van der Waals surface area contributed by atoms with E-state index >= 15 is 0 Å². The number of hydrogen-bond acceptors (Lipinski definition) is 3. The molecule has 0 saturated heterocycles. The smallest absolute Gasteiger partial charge is 0.396 e. The van der Waals surface area contributed by atoms with Crippen LogP contribution in [0, 0.1) is 0 Å². The van der Waals surface area contributed by atoms with E-state index in [0.29, 0.717) is 19.6 Å². The van der Waals surface area contributed by atoms with Crippen LogP contribution < -0.4 is 0 Å². The Labute approximate surface area is 76.7 Å². The van der Waals surface area contributed by atoms with Crippen molar-refractivity contribution < 1.29 is 29.1 Å². The highest BCUT2D eigenvalue weighted by Gasteiger charge is 2.00. The third kappa shape index (κ3) is 49.4. The molecule has 80 valence electrons. The Morgan fingerprint density at radius 1 is 1.38 bits per heavy atom. The van der Waals surface area contributed by atoms with Crippen LogP contribution in [0.4, 0.5) is 0 Å². The molecule has 0 rings (SSSR count). The summed E-state index contributed by atoms with van der Waals surface area (Å²) in [6, 6.07) is 0. The van der Waals surface area contributed by atoms with Crippen molar-refractivity contribution in [2.24, 2.45) is 0 Å². The SMILES string of the molecule is C=CCOCCCO.O=P(O)(O)O. The van der Waals surface area contributed by atoms with Crippen LogP contribution in [0.25, 0.3) is 0 Å². The molecule has 0 fully saturated rings. The fourth-order valence-electron chi connectivity index (χ4n) is 0.333. The van der Waals surface area contributed by atoms with Gasteiger partial charge in [-0.3, -0.25) is 0 Å². The second kappa shape index (κ2) is 9.85. The maximum absolute atomic E-state index is 8.88. The summed E-state index contributed by atoms with van der Waals surface area (Å²) in [4.78, 5) is 21.6. The molecule has 4 N–H and O–H groups in total. The molecule has 6 nitrogen and oxygen atoms in total. The van der Waals surface area contributed by atoms with E-state index in [4.69, 9.17) is 29.1 Å². The zero-order chi connectivity index (χ0) is 10.7. The van der Waals surface area contributed by atoms with Gasteiger partial charge in [-0.05, 0) is 6.42 Å². The maximum Gasteiger partial charge on any atom is 0.466 e. The Morgan fingerprint density at radius 3 is 2.15 bits per heavy atom. The van der Waals surface area contributed by atoms with Crippen LogP contribution in [0.1, 0.15) is 6.42 Å². The van der Waals surface area contributed by atoms with Gasteiger partial charge in [0.15, 0.2) is 0 Å². The molecule has 0 aromatic heterocycles. The average molecular weight is 214 g/mol. The lowest BCUT2D eigenvalue weighted by Gasteiger charge is -1.95. The average Bonchev–Trinajstić information content (AvgIpc) is 1.95. The lowest BCUT2D eigenvalue weighted by atomic mass is 10.5. The van der Waals surface area contributed by atoms with Crippen molar-refractivity contribution in [3.05, 3.63) is 12.7 Å². The van der Waals surface area contributed by atoms with Crippen molar-refractivity contribution in [3.63, 3.8) is 0 Å². The first kappa shape index (κ1) is 15.3. The molecule has 0 spiro atoms. The molecule has 13 heavy (non-hydrogen) atoms. The number of hydrogen-bond donors (Lipinski definition) is 4. The monoisotopic (exact) mass is 214 g/mol. The summed E-state index contributed by atoms with van der Waals surface area (Å²) in [5.74, 6) is 0. The number of aliphatic hydroxyl groups is 1. The van der Waals surface area contributed by atoms with Crippen LogP contribution in [-0.2, 0) is 9.30 Å². The molecule has 0 amide bonds. The summed E-state index contributed by atoms with van der Waals surface area (Å²) in [6.45, 7) is 4.89. The van der Waals surface area contributed by atoms with Gasteiger partial charge in [0.2, 0.25) is 0 Å². The van der Waals surface area contributed by atoms with Gasteiger partial charge in [0.25, 0.3) is 0 Å². The minimum absolute atomic E-state index is 0.205. The quantitative estimate of drug-likeness (QED) is 0.283.